The van der Waals surface area contributed by atoms with Crippen molar-refractivity contribution in [2.75, 3.05) is 0 Å². The number of benzene rings is 1. The largest absolute Gasteiger partial charge is 0.872 e. The molecular formula is C9H10O2. The molecule has 58 valence electrons. The quantitative estimate of drug-likeness (QED) is 0.560. The zero-order valence-corrected chi connectivity index (χ0v) is 6.63. The molecule has 0 aliphatic rings. The first kappa shape index (κ1) is 7.79. The Balaban J connectivity index is 2.91. The van der Waals surface area contributed by atoms with Crippen molar-refractivity contribution >= 4 is 5.78 Å². The van der Waals surface area contributed by atoms with Gasteiger partial charge in [-0.15, -0.1) is 5.75 Å². The van der Waals surface area contributed by atoms with Crippen molar-refractivity contribution in [1.29, 1.82) is 0 Å². The SMILES string of the molecule is CC(C)=[O+]c1ccc([O-])cc1. The average Bonchev–Trinajstić information content (AvgIpc) is 1.93. The minimum Gasteiger partial charge on any atom is -0.872 e. The van der Waals surface area contributed by atoms with E-state index in [1.807, 2.05) is 13.8 Å². The molecule has 0 saturated carbocycles. The van der Waals surface area contributed by atoms with Gasteiger partial charge in [0.2, 0.25) is 0 Å². The van der Waals surface area contributed by atoms with E-state index < -0.39 is 0 Å². The second kappa shape index (κ2) is 3.19. The maximum atomic E-state index is 10.6. The molecule has 0 fully saturated rings. The van der Waals surface area contributed by atoms with Crippen LogP contribution in [0.5, 0.6) is 11.5 Å². The van der Waals surface area contributed by atoms with Crippen molar-refractivity contribution in [2.24, 2.45) is 0 Å². The summed E-state index contributed by atoms with van der Waals surface area (Å²) in [4.78, 5) is 0. The molecule has 0 atom stereocenters. The second-order valence-corrected chi connectivity index (χ2v) is 2.48. The third kappa shape index (κ3) is 2.42. The summed E-state index contributed by atoms with van der Waals surface area (Å²) >= 11 is 0. The Morgan fingerprint density at radius 2 is 1.73 bits per heavy atom. The van der Waals surface area contributed by atoms with Crippen molar-refractivity contribution in [3.05, 3.63) is 24.3 Å². The van der Waals surface area contributed by atoms with Crippen LogP contribution in [0, 0.1) is 0 Å². The molecule has 0 saturated heterocycles. The van der Waals surface area contributed by atoms with Crippen molar-refractivity contribution in [1.82, 2.24) is 0 Å². The highest BCUT2D eigenvalue weighted by Gasteiger charge is 1.99. The summed E-state index contributed by atoms with van der Waals surface area (Å²) in [7, 11) is 0. The van der Waals surface area contributed by atoms with Crippen LogP contribution in [-0.2, 0) is 4.42 Å². The first-order chi connectivity index (χ1) is 5.18. The molecule has 0 aliphatic heterocycles. The zero-order valence-electron chi connectivity index (χ0n) is 6.63. The van der Waals surface area contributed by atoms with Crippen molar-refractivity contribution in [3.8, 4) is 11.5 Å². The Hall–Kier alpha value is -1.31. The van der Waals surface area contributed by atoms with E-state index in [4.69, 9.17) is 4.42 Å². The lowest BCUT2D eigenvalue weighted by Gasteiger charge is -1.98. The van der Waals surface area contributed by atoms with E-state index in [1.54, 1.807) is 12.1 Å². The third-order valence-corrected chi connectivity index (χ3v) is 1.15. The topological polar surface area (TPSA) is 34.4 Å². The van der Waals surface area contributed by atoms with Gasteiger partial charge in [-0.3, -0.25) is 0 Å². The molecule has 0 aliphatic carbocycles. The highest BCUT2D eigenvalue weighted by atomic mass is 16.4. The molecule has 0 N–H and O–H groups in total. The van der Waals surface area contributed by atoms with Gasteiger partial charge in [0.05, 0.1) is 0 Å². The first-order valence-electron chi connectivity index (χ1n) is 3.43. The number of carbonyl (C=O) groups excluding carboxylic acids is 1. The Bertz CT molecular complexity index is 255. The molecule has 0 bridgehead atoms. The van der Waals surface area contributed by atoms with Gasteiger partial charge in [-0.1, -0.05) is 12.1 Å². The number of rotatable bonds is 1. The van der Waals surface area contributed by atoms with E-state index in [2.05, 4.69) is 0 Å². The van der Waals surface area contributed by atoms with Crippen LogP contribution in [0.2, 0.25) is 0 Å². The van der Waals surface area contributed by atoms with Crippen LogP contribution in [0.15, 0.2) is 24.3 Å². The molecule has 1 aromatic rings. The maximum absolute atomic E-state index is 10.6. The average molecular weight is 150 g/mol. The van der Waals surface area contributed by atoms with Crippen LogP contribution in [-0.4, -0.2) is 5.78 Å². The summed E-state index contributed by atoms with van der Waals surface area (Å²) < 4.78 is 5.25. The summed E-state index contributed by atoms with van der Waals surface area (Å²) in [5, 5.41) is 10.6. The second-order valence-electron chi connectivity index (χ2n) is 2.48. The number of hydrogen-bond donors (Lipinski definition) is 0. The van der Waals surface area contributed by atoms with Gasteiger partial charge < -0.3 is 5.11 Å². The van der Waals surface area contributed by atoms with E-state index >= 15 is 0 Å². The standard InChI is InChI=1S/C9H10O2/c1-7(2)11-9-5-3-8(10)4-6-9/h3-6H,1-2H3. The first-order valence-corrected chi connectivity index (χ1v) is 3.43. The Labute approximate surface area is 65.8 Å². The molecule has 0 spiro atoms. The van der Waals surface area contributed by atoms with Gasteiger partial charge in [0.1, 0.15) is 0 Å². The fraction of sp³-hybridized carbons (Fsp3) is 0.222. The number of ketones is 1. The van der Waals surface area contributed by atoms with Crippen LogP contribution >= 0.6 is 0 Å². The van der Waals surface area contributed by atoms with E-state index in [0.717, 1.165) is 5.78 Å². The minimum atomic E-state index is 0.00565. The van der Waals surface area contributed by atoms with Crippen LogP contribution in [0.1, 0.15) is 13.8 Å². The maximum Gasteiger partial charge on any atom is 0.352 e. The highest BCUT2D eigenvalue weighted by molar-refractivity contribution is 5.73. The lowest BCUT2D eigenvalue weighted by atomic mass is 10.3. The van der Waals surface area contributed by atoms with Gasteiger partial charge in [-0.05, 0) is 0 Å². The van der Waals surface area contributed by atoms with Gasteiger partial charge in [0.15, 0.2) is 0 Å². The third-order valence-electron chi connectivity index (χ3n) is 1.15. The van der Waals surface area contributed by atoms with E-state index in [9.17, 15) is 5.11 Å². The smallest absolute Gasteiger partial charge is 0.352 e. The molecule has 1 rings (SSSR count). The molecule has 2 heteroatoms. The molecule has 0 unspecified atom stereocenters. The lowest BCUT2D eigenvalue weighted by molar-refractivity contribution is -0.367. The molecule has 0 heterocycles. The molecule has 0 radical (unpaired) electrons. The van der Waals surface area contributed by atoms with Gasteiger partial charge in [-0.25, -0.2) is 4.42 Å². The molecule has 11 heavy (non-hydrogen) atoms. The van der Waals surface area contributed by atoms with Gasteiger partial charge in [0, 0.05) is 26.0 Å². The Kier molecular flexibility index (Phi) is 2.26. The van der Waals surface area contributed by atoms with Crippen LogP contribution in [0.4, 0.5) is 0 Å². The van der Waals surface area contributed by atoms with Crippen LogP contribution in [0.25, 0.3) is 0 Å². The summed E-state index contributed by atoms with van der Waals surface area (Å²) in [6.45, 7) is 3.73. The van der Waals surface area contributed by atoms with E-state index in [0.29, 0.717) is 5.75 Å². The summed E-state index contributed by atoms with van der Waals surface area (Å²) in [5.41, 5.74) is 0. The molecule has 2 nitrogen and oxygen atoms in total. The fourth-order valence-electron chi connectivity index (χ4n) is 0.743. The molecule has 0 amide bonds. The predicted molar refractivity (Wildman–Crippen MR) is 41.7 cm³/mol. The summed E-state index contributed by atoms with van der Waals surface area (Å²) in [6.07, 6.45) is 0. The number of hydrogen-bond acceptors (Lipinski definition) is 1. The van der Waals surface area contributed by atoms with E-state index in [1.165, 1.54) is 12.1 Å². The molecule has 1 aromatic carbocycles. The predicted octanol–water partition coefficient (Wildman–Crippen LogP) is 1.62. The summed E-state index contributed by atoms with van der Waals surface area (Å²) in [6, 6.07) is 6.29. The Morgan fingerprint density at radius 3 is 2.18 bits per heavy atom. The monoisotopic (exact) mass is 150 g/mol. The van der Waals surface area contributed by atoms with Crippen LogP contribution in [0.3, 0.4) is 0 Å². The highest BCUT2D eigenvalue weighted by Crippen LogP contribution is 2.13. The van der Waals surface area contributed by atoms with Gasteiger partial charge >= 0.3 is 11.5 Å². The van der Waals surface area contributed by atoms with Crippen molar-refractivity contribution in [3.63, 3.8) is 0 Å². The van der Waals surface area contributed by atoms with Crippen molar-refractivity contribution in [2.45, 2.75) is 13.8 Å². The van der Waals surface area contributed by atoms with Gasteiger partial charge in [-0.2, -0.15) is 0 Å². The lowest BCUT2D eigenvalue weighted by Crippen LogP contribution is -1.88. The Morgan fingerprint density at radius 1 is 1.18 bits per heavy atom. The molecular weight excluding hydrogens is 140 g/mol. The van der Waals surface area contributed by atoms with E-state index in [-0.39, 0.29) is 5.75 Å². The minimum absolute atomic E-state index is 0.00565. The van der Waals surface area contributed by atoms with Crippen molar-refractivity contribution < 1.29 is 9.53 Å². The normalized spacial score (nSPS) is 9.27. The molecule has 0 aromatic heterocycles. The fourth-order valence-corrected chi connectivity index (χ4v) is 0.743. The van der Waals surface area contributed by atoms with Gasteiger partial charge in [0.25, 0.3) is 0 Å². The zero-order chi connectivity index (χ0) is 8.27. The van der Waals surface area contributed by atoms with Crippen LogP contribution < -0.4 is 5.11 Å². The summed E-state index contributed by atoms with van der Waals surface area (Å²) in [5.74, 6) is 1.58.